The van der Waals surface area contributed by atoms with Crippen LogP contribution in [-0.2, 0) is 4.79 Å². The molecule has 1 rings (SSSR count). The van der Waals surface area contributed by atoms with Gasteiger partial charge in [-0.2, -0.15) is 0 Å². The van der Waals surface area contributed by atoms with Crippen molar-refractivity contribution in [2.45, 2.75) is 122 Å². The van der Waals surface area contributed by atoms with Crippen molar-refractivity contribution in [1.82, 2.24) is 9.80 Å². The van der Waals surface area contributed by atoms with Gasteiger partial charge in [0.2, 0.25) is 0 Å². The van der Waals surface area contributed by atoms with Gasteiger partial charge in [0.1, 0.15) is 5.78 Å². The molecular formula is C27H54N2O2. The molecule has 1 saturated heterocycles. The fraction of sp³-hybridized carbons (Fsp3) is 0.963. The molecule has 0 saturated carbocycles. The van der Waals surface area contributed by atoms with Crippen LogP contribution in [0, 0.1) is 0 Å². The van der Waals surface area contributed by atoms with Crippen LogP contribution < -0.4 is 0 Å². The van der Waals surface area contributed by atoms with Gasteiger partial charge in [0, 0.05) is 45.8 Å². The molecule has 0 aromatic rings. The molecule has 0 atom stereocenters. The average molecular weight is 439 g/mol. The third-order valence-corrected chi connectivity index (χ3v) is 6.81. The molecular weight excluding hydrogens is 384 g/mol. The lowest BCUT2D eigenvalue weighted by atomic mass is 10.0. The van der Waals surface area contributed by atoms with Crippen LogP contribution in [0.3, 0.4) is 0 Å². The summed E-state index contributed by atoms with van der Waals surface area (Å²) in [6, 6.07) is 0. The van der Waals surface area contributed by atoms with E-state index in [-0.39, 0.29) is 6.61 Å². The number of unbranched alkanes of at least 4 members (excludes halogenated alkanes) is 15. The van der Waals surface area contributed by atoms with E-state index in [0.717, 1.165) is 52.0 Å². The van der Waals surface area contributed by atoms with E-state index in [0.29, 0.717) is 12.3 Å². The van der Waals surface area contributed by atoms with E-state index in [1.807, 2.05) is 0 Å². The SMILES string of the molecule is CCCCCCCCCCCCCCCCCCC(=O)CN1CCN(CCCO)CC1. The van der Waals surface area contributed by atoms with Crippen LogP contribution in [-0.4, -0.2) is 66.6 Å². The molecule has 1 aliphatic rings. The third kappa shape index (κ3) is 17.7. The monoisotopic (exact) mass is 438 g/mol. The van der Waals surface area contributed by atoms with Gasteiger partial charge in [0.25, 0.3) is 0 Å². The standard InChI is InChI=1S/C27H54N2O2/c1-2-3-4-5-6-7-8-9-10-11-12-13-14-15-16-17-19-27(31)26-29-23-21-28(22-24-29)20-18-25-30/h30H,2-26H2,1H3. The molecule has 1 N–H and O–H groups in total. The number of carbonyl (C=O) groups excluding carboxylic acids is 1. The van der Waals surface area contributed by atoms with E-state index in [1.54, 1.807) is 0 Å². The molecule has 1 aliphatic heterocycles. The van der Waals surface area contributed by atoms with E-state index in [4.69, 9.17) is 5.11 Å². The third-order valence-electron chi connectivity index (χ3n) is 6.81. The minimum absolute atomic E-state index is 0.276. The quantitative estimate of drug-likeness (QED) is 0.204. The normalized spacial score (nSPS) is 15.5. The number of ketones is 1. The highest BCUT2D eigenvalue weighted by Crippen LogP contribution is 2.14. The van der Waals surface area contributed by atoms with Gasteiger partial charge < -0.3 is 10.0 Å². The lowest BCUT2D eigenvalue weighted by Crippen LogP contribution is -2.48. The maximum Gasteiger partial charge on any atom is 0.146 e. The number of nitrogens with zero attached hydrogens (tertiary/aromatic N) is 2. The Morgan fingerprint density at radius 2 is 1.03 bits per heavy atom. The molecule has 0 amide bonds. The summed E-state index contributed by atoms with van der Waals surface area (Å²) < 4.78 is 0. The Balaban J connectivity index is 1.79. The predicted octanol–water partition coefficient (Wildman–Crippen LogP) is 6.21. The largest absolute Gasteiger partial charge is 0.396 e. The first-order valence-corrected chi connectivity index (χ1v) is 13.8. The summed E-state index contributed by atoms with van der Waals surface area (Å²) >= 11 is 0. The summed E-state index contributed by atoms with van der Waals surface area (Å²) in [5, 5.41) is 8.92. The fourth-order valence-corrected chi connectivity index (χ4v) is 4.66. The van der Waals surface area contributed by atoms with Crippen molar-refractivity contribution < 1.29 is 9.90 Å². The summed E-state index contributed by atoms with van der Waals surface area (Å²) in [4.78, 5) is 16.9. The number of aliphatic hydroxyl groups is 1. The summed E-state index contributed by atoms with van der Waals surface area (Å²) in [7, 11) is 0. The molecule has 0 unspecified atom stereocenters. The smallest absolute Gasteiger partial charge is 0.146 e. The highest BCUT2D eigenvalue weighted by atomic mass is 16.3. The van der Waals surface area contributed by atoms with E-state index in [9.17, 15) is 4.79 Å². The van der Waals surface area contributed by atoms with Gasteiger partial charge in [-0.05, 0) is 12.8 Å². The topological polar surface area (TPSA) is 43.8 Å². The molecule has 1 fully saturated rings. The molecule has 31 heavy (non-hydrogen) atoms. The number of aliphatic hydroxyl groups excluding tert-OH is 1. The Hall–Kier alpha value is -0.450. The van der Waals surface area contributed by atoms with Crippen molar-refractivity contribution in [3.63, 3.8) is 0 Å². The highest BCUT2D eigenvalue weighted by Gasteiger charge is 2.18. The van der Waals surface area contributed by atoms with Gasteiger partial charge in [0.15, 0.2) is 0 Å². The Morgan fingerprint density at radius 3 is 1.48 bits per heavy atom. The number of piperazine rings is 1. The van der Waals surface area contributed by atoms with Crippen LogP contribution in [0.25, 0.3) is 0 Å². The van der Waals surface area contributed by atoms with Gasteiger partial charge in [-0.3, -0.25) is 9.69 Å². The Morgan fingerprint density at radius 1 is 0.613 bits per heavy atom. The molecule has 0 aromatic heterocycles. The van der Waals surface area contributed by atoms with Gasteiger partial charge in [-0.15, -0.1) is 0 Å². The second-order valence-electron chi connectivity index (χ2n) is 9.79. The Kier molecular flexibility index (Phi) is 19.7. The molecule has 0 aromatic carbocycles. The molecule has 4 nitrogen and oxygen atoms in total. The summed E-state index contributed by atoms with van der Waals surface area (Å²) in [5.74, 6) is 0.425. The van der Waals surface area contributed by atoms with Crippen molar-refractivity contribution >= 4 is 5.78 Å². The number of hydrogen-bond acceptors (Lipinski definition) is 4. The summed E-state index contributed by atoms with van der Waals surface area (Å²) in [6.07, 6.45) is 23.6. The van der Waals surface area contributed by atoms with Crippen LogP contribution in [0.15, 0.2) is 0 Å². The molecule has 184 valence electrons. The Labute approximate surface area is 194 Å². The molecule has 4 heteroatoms. The second kappa shape index (κ2) is 21.4. The van der Waals surface area contributed by atoms with Gasteiger partial charge in [-0.1, -0.05) is 103 Å². The summed E-state index contributed by atoms with van der Waals surface area (Å²) in [6.45, 7) is 8.25. The lowest BCUT2D eigenvalue weighted by Gasteiger charge is -2.34. The zero-order chi connectivity index (χ0) is 22.4. The zero-order valence-electron chi connectivity index (χ0n) is 20.9. The Bertz CT molecular complexity index is 395. The van der Waals surface area contributed by atoms with Crippen molar-refractivity contribution in [1.29, 1.82) is 0 Å². The number of hydrogen-bond donors (Lipinski definition) is 1. The van der Waals surface area contributed by atoms with Crippen LogP contribution in [0.5, 0.6) is 0 Å². The summed E-state index contributed by atoms with van der Waals surface area (Å²) in [5.41, 5.74) is 0. The molecule has 1 heterocycles. The number of Topliss-reactive ketones (excluding diaryl/α,β-unsaturated/α-hetero) is 1. The first-order valence-electron chi connectivity index (χ1n) is 13.8. The molecule has 0 radical (unpaired) electrons. The minimum atomic E-state index is 0.276. The van der Waals surface area contributed by atoms with Crippen molar-refractivity contribution in [3.8, 4) is 0 Å². The van der Waals surface area contributed by atoms with Gasteiger partial charge in [-0.25, -0.2) is 0 Å². The van der Waals surface area contributed by atoms with E-state index in [2.05, 4.69) is 16.7 Å². The maximum atomic E-state index is 12.2. The number of carbonyl (C=O) groups is 1. The van der Waals surface area contributed by atoms with Crippen LogP contribution in [0.4, 0.5) is 0 Å². The van der Waals surface area contributed by atoms with E-state index in [1.165, 1.54) is 96.3 Å². The highest BCUT2D eigenvalue weighted by molar-refractivity contribution is 5.80. The minimum Gasteiger partial charge on any atom is -0.396 e. The second-order valence-corrected chi connectivity index (χ2v) is 9.79. The fourth-order valence-electron chi connectivity index (χ4n) is 4.66. The van der Waals surface area contributed by atoms with Crippen LogP contribution in [0.1, 0.15) is 122 Å². The van der Waals surface area contributed by atoms with Crippen molar-refractivity contribution in [3.05, 3.63) is 0 Å². The van der Waals surface area contributed by atoms with Crippen molar-refractivity contribution in [2.24, 2.45) is 0 Å². The molecule has 0 spiro atoms. The predicted molar refractivity (Wildman–Crippen MR) is 134 cm³/mol. The van der Waals surface area contributed by atoms with Gasteiger partial charge >= 0.3 is 0 Å². The molecule has 0 bridgehead atoms. The van der Waals surface area contributed by atoms with Crippen molar-refractivity contribution in [2.75, 3.05) is 45.9 Å². The first-order chi connectivity index (χ1) is 15.3. The molecule has 0 aliphatic carbocycles. The van der Waals surface area contributed by atoms with Crippen LogP contribution >= 0.6 is 0 Å². The number of rotatable bonds is 22. The van der Waals surface area contributed by atoms with Crippen LogP contribution in [0.2, 0.25) is 0 Å². The van der Waals surface area contributed by atoms with E-state index < -0.39 is 0 Å². The van der Waals surface area contributed by atoms with Gasteiger partial charge in [0.05, 0.1) is 6.54 Å². The lowest BCUT2D eigenvalue weighted by molar-refractivity contribution is -0.120. The maximum absolute atomic E-state index is 12.2. The van der Waals surface area contributed by atoms with E-state index >= 15 is 0 Å². The average Bonchev–Trinajstić information content (AvgIpc) is 2.78. The zero-order valence-corrected chi connectivity index (χ0v) is 20.9. The first kappa shape index (κ1) is 28.6.